The molecule has 0 fully saturated rings. The van der Waals surface area contributed by atoms with Gasteiger partial charge in [0.2, 0.25) is 0 Å². The normalized spacial score (nSPS) is 11.8. The third kappa shape index (κ3) is 2.67. The summed E-state index contributed by atoms with van der Waals surface area (Å²) < 4.78 is 0. The van der Waals surface area contributed by atoms with Gasteiger partial charge in [-0.2, -0.15) is 0 Å². The predicted octanol–water partition coefficient (Wildman–Crippen LogP) is 3.61. The highest BCUT2D eigenvalue weighted by Gasteiger charge is 2.09. The maximum atomic E-state index is 5.96. The van der Waals surface area contributed by atoms with Crippen LogP contribution in [0.5, 0.6) is 0 Å². The van der Waals surface area contributed by atoms with E-state index in [1.54, 1.807) is 0 Å². The minimum absolute atomic E-state index is 0.0265. The molecule has 0 radical (unpaired) electrons. The first kappa shape index (κ1) is 11.3. The summed E-state index contributed by atoms with van der Waals surface area (Å²) in [7, 11) is 0. The van der Waals surface area contributed by atoms with E-state index in [2.05, 4.69) is 11.9 Å². The summed E-state index contributed by atoms with van der Waals surface area (Å²) in [5.41, 5.74) is 8.85. The summed E-state index contributed by atoms with van der Waals surface area (Å²) >= 11 is 0. The van der Waals surface area contributed by atoms with E-state index in [9.17, 15) is 0 Å². The topological polar surface area (TPSA) is 38.0 Å². The van der Waals surface area contributed by atoms with E-state index in [1.807, 2.05) is 60.7 Å². The van der Waals surface area contributed by atoms with E-state index in [0.717, 1.165) is 16.9 Å². The van der Waals surface area contributed by atoms with Gasteiger partial charge in [-0.3, -0.25) is 0 Å². The fourth-order valence-corrected chi connectivity index (χ4v) is 1.77. The van der Waals surface area contributed by atoms with Crippen LogP contribution >= 0.6 is 0 Å². The molecule has 0 heterocycles. The summed E-state index contributed by atoms with van der Waals surface area (Å²) in [6, 6.07) is 17.9. The van der Waals surface area contributed by atoms with Crippen molar-refractivity contribution in [3.8, 4) is 0 Å². The van der Waals surface area contributed by atoms with Gasteiger partial charge < -0.3 is 11.1 Å². The van der Waals surface area contributed by atoms with Gasteiger partial charge >= 0.3 is 0 Å². The van der Waals surface area contributed by atoms with Crippen molar-refractivity contribution in [2.24, 2.45) is 0 Å². The Balaban J connectivity index is 2.24. The Labute approximate surface area is 102 Å². The van der Waals surface area contributed by atoms with E-state index < -0.39 is 0 Å². The molecule has 17 heavy (non-hydrogen) atoms. The maximum Gasteiger partial charge on any atom is 0.0715 e. The minimum atomic E-state index is 0.0265. The summed E-state index contributed by atoms with van der Waals surface area (Å²) in [5.74, 6) is 0. The lowest BCUT2D eigenvalue weighted by molar-refractivity contribution is 0.992. The van der Waals surface area contributed by atoms with Gasteiger partial charge in [-0.15, -0.1) is 6.58 Å². The second kappa shape index (κ2) is 5.21. The van der Waals surface area contributed by atoms with E-state index in [1.165, 1.54) is 0 Å². The van der Waals surface area contributed by atoms with Crippen molar-refractivity contribution < 1.29 is 0 Å². The Morgan fingerprint density at radius 2 is 1.65 bits per heavy atom. The third-order valence-electron chi connectivity index (χ3n) is 2.66. The van der Waals surface area contributed by atoms with Gasteiger partial charge in [0.05, 0.1) is 6.04 Å². The third-order valence-corrected chi connectivity index (χ3v) is 2.66. The number of para-hydroxylation sites is 2. The predicted molar refractivity (Wildman–Crippen MR) is 73.9 cm³/mol. The molecule has 0 aliphatic heterocycles. The molecule has 0 aliphatic rings. The van der Waals surface area contributed by atoms with E-state index in [-0.39, 0.29) is 6.04 Å². The number of nitrogen functional groups attached to an aromatic ring is 1. The Bertz CT molecular complexity index is 491. The minimum Gasteiger partial charge on any atom is -0.398 e. The lowest BCUT2D eigenvalue weighted by Gasteiger charge is -2.18. The molecule has 0 amide bonds. The number of rotatable bonds is 4. The van der Waals surface area contributed by atoms with Crippen molar-refractivity contribution in [1.82, 2.24) is 0 Å². The van der Waals surface area contributed by atoms with Gasteiger partial charge in [0.15, 0.2) is 0 Å². The zero-order valence-electron chi connectivity index (χ0n) is 9.64. The lowest BCUT2D eigenvalue weighted by Crippen LogP contribution is -2.09. The van der Waals surface area contributed by atoms with Crippen LogP contribution in [0.3, 0.4) is 0 Å². The van der Waals surface area contributed by atoms with E-state index in [0.29, 0.717) is 0 Å². The van der Waals surface area contributed by atoms with Crippen LogP contribution in [0.15, 0.2) is 67.3 Å². The first-order valence-corrected chi connectivity index (χ1v) is 5.60. The molecule has 2 aromatic carbocycles. The van der Waals surface area contributed by atoms with Gasteiger partial charge in [0, 0.05) is 16.9 Å². The SMILES string of the molecule is C=CC(Nc1ccccc1)c1ccccc1N. The molecule has 86 valence electrons. The number of benzene rings is 2. The van der Waals surface area contributed by atoms with Gasteiger partial charge in [-0.05, 0) is 18.2 Å². The molecule has 2 aromatic rings. The molecule has 2 heteroatoms. The van der Waals surface area contributed by atoms with Crippen LogP contribution in [0, 0.1) is 0 Å². The van der Waals surface area contributed by atoms with Crippen LogP contribution in [0.1, 0.15) is 11.6 Å². The van der Waals surface area contributed by atoms with Crippen molar-refractivity contribution in [2.75, 3.05) is 11.1 Å². The van der Waals surface area contributed by atoms with Gasteiger partial charge in [0.25, 0.3) is 0 Å². The van der Waals surface area contributed by atoms with Gasteiger partial charge in [-0.25, -0.2) is 0 Å². The fraction of sp³-hybridized carbons (Fsp3) is 0.0667. The highest BCUT2D eigenvalue weighted by atomic mass is 14.9. The lowest BCUT2D eigenvalue weighted by atomic mass is 10.0. The van der Waals surface area contributed by atoms with Crippen molar-refractivity contribution in [3.63, 3.8) is 0 Å². The molecule has 0 saturated heterocycles. The monoisotopic (exact) mass is 224 g/mol. The molecular formula is C15H16N2. The number of hydrogen-bond donors (Lipinski definition) is 2. The van der Waals surface area contributed by atoms with Crippen molar-refractivity contribution in [2.45, 2.75) is 6.04 Å². The van der Waals surface area contributed by atoms with Crippen LogP contribution in [-0.4, -0.2) is 0 Å². The molecule has 1 unspecified atom stereocenters. The summed E-state index contributed by atoms with van der Waals surface area (Å²) in [6.07, 6.45) is 1.86. The van der Waals surface area contributed by atoms with E-state index in [4.69, 9.17) is 5.73 Å². The number of nitrogens with two attached hydrogens (primary N) is 1. The molecule has 0 saturated carbocycles. The molecule has 2 rings (SSSR count). The Morgan fingerprint density at radius 3 is 2.29 bits per heavy atom. The summed E-state index contributed by atoms with van der Waals surface area (Å²) in [5, 5.41) is 3.39. The molecule has 0 spiro atoms. The first-order chi connectivity index (χ1) is 8.31. The zero-order chi connectivity index (χ0) is 12.1. The van der Waals surface area contributed by atoms with Crippen molar-refractivity contribution in [3.05, 3.63) is 72.8 Å². The fourth-order valence-electron chi connectivity index (χ4n) is 1.77. The first-order valence-electron chi connectivity index (χ1n) is 5.60. The highest BCUT2D eigenvalue weighted by molar-refractivity contribution is 5.54. The number of hydrogen-bond acceptors (Lipinski definition) is 2. The second-order valence-electron chi connectivity index (χ2n) is 3.85. The Kier molecular flexibility index (Phi) is 3.46. The van der Waals surface area contributed by atoms with Gasteiger partial charge in [-0.1, -0.05) is 42.5 Å². The quantitative estimate of drug-likeness (QED) is 0.615. The molecule has 0 aliphatic carbocycles. The summed E-state index contributed by atoms with van der Waals surface area (Å²) in [4.78, 5) is 0. The van der Waals surface area contributed by atoms with Crippen LogP contribution in [0.25, 0.3) is 0 Å². The van der Waals surface area contributed by atoms with Crippen LogP contribution in [0.2, 0.25) is 0 Å². The molecule has 0 aromatic heterocycles. The Hall–Kier alpha value is -2.22. The molecule has 2 nitrogen and oxygen atoms in total. The number of nitrogens with one attached hydrogen (secondary N) is 1. The number of anilines is 2. The molecule has 1 atom stereocenters. The average Bonchev–Trinajstić information content (AvgIpc) is 2.38. The zero-order valence-corrected chi connectivity index (χ0v) is 9.64. The molecular weight excluding hydrogens is 208 g/mol. The highest BCUT2D eigenvalue weighted by Crippen LogP contribution is 2.24. The average molecular weight is 224 g/mol. The maximum absolute atomic E-state index is 5.96. The molecule has 3 N–H and O–H groups in total. The standard InChI is InChI=1S/C15H16N2/c1-2-15(13-10-6-7-11-14(13)16)17-12-8-4-3-5-9-12/h2-11,15,17H,1,16H2. The summed E-state index contributed by atoms with van der Waals surface area (Å²) in [6.45, 7) is 3.86. The molecule has 0 bridgehead atoms. The van der Waals surface area contributed by atoms with Crippen LogP contribution in [-0.2, 0) is 0 Å². The van der Waals surface area contributed by atoms with Crippen molar-refractivity contribution in [1.29, 1.82) is 0 Å². The van der Waals surface area contributed by atoms with Crippen LogP contribution in [0.4, 0.5) is 11.4 Å². The van der Waals surface area contributed by atoms with E-state index >= 15 is 0 Å². The van der Waals surface area contributed by atoms with Gasteiger partial charge in [0.1, 0.15) is 0 Å². The smallest absolute Gasteiger partial charge is 0.0715 e. The van der Waals surface area contributed by atoms with Crippen LogP contribution < -0.4 is 11.1 Å². The second-order valence-corrected chi connectivity index (χ2v) is 3.85. The largest absolute Gasteiger partial charge is 0.398 e. The Morgan fingerprint density at radius 1 is 1.00 bits per heavy atom. The van der Waals surface area contributed by atoms with Crippen molar-refractivity contribution >= 4 is 11.4 Å².